The van der Waals surface area contributed by atoms with E-state index in [1.54, 1.807) is 0 Å². The van der Waals surface area contributed by atoms with Crippen molar-refractivity contribution in [2.75, 3.05) is 11.9 Å². The Hall–Kier alpha value is -2.14. The van der Waals surface area contributed by atoms with Crippen molar-refractivity contribution >= 4 is 22.6 Å². The van der Waals surface area contributed by atoms with Gasteiger partial charge in [0.2, 0.25) is 0 Å². The van der Waals surface area contributed by atoms with E-state index >= 15 is 0 Å². The average molecular weight is 260 g/mol. The Morgan fingerprint density at radius 3 is 2.94 bits per heavy atom. The summed E-state index contributed by atoms with van der Waals surface area (Å²) in [5.41, 5.74) is 1.85. The highest BCUT2D eigenvalue weighted by atomic mass is 32.1. The lowest BCUT2D eigenvalue weighted by atomic mass is 10.2. The molecule has 0 atom stereocenters. The second-order valence-corrected chi connectivity index (χ2v) is 4.27. The first kappa shape index (κ1) is 12.3. The maximum absolute atomic E-state index is 11.3. The van der Waals surface area contributed by atoms with Gasteiger partial charge in [-0.1, -0.05) is 43.0 Å². The van der Waals surface area contributed by atoms with E-state index in [0.717, 1.165) is 11.3 Å². The van der Waals surface area contributed by atoms with Crippen LogP contribution in [0.3, 0.4) is 0 Å². The maximum atomic E-state index is 11.3. The molecule has 1 aromatic heterocycles. The van der Waals surface area contributed by atoms with Gasteiger partial charge in [0.15, 0.2) is 5.13 Å². The zero-order chi connectivity index (χ0) is 12.8. The standard InChI is InChI=1S/C13H12N2O2S/c1-2-8-17-13(16)15-12-14-11(9-18-12)10-6-4-3-5-7-10/h2-7,9H,1,8H2,(H,14,15,16). The minimum Gasteiger partial charge on any atom is -0.445 e. The van der Waals surface area contributed by atoms with E-state index in [2.05, 4.69) is 16.9 Å². The van der Waals surface area contributed by atoms with Crippen molar-refractivity contribution < 1.29 is 9.53 Å². The van der Waals surface area contributed by atoms with E-state index in [9.17, 15) is 4.79 Å². The van der Waals surface area contributed by atoms with Crippen LogP contribution in [0.2, 0.25) is 0 Å². The Labute approximate surface area is 109 Å². The number of benzene rings is 1. The van der Waals surface area contributed by atoms with Crippen molar-refractivity contribution in [3.8, 4) is 11.3 Å². The van der Waals surface area contributed by atoms with Gasteiger partial charge >= 0.3 is 6.09 Å². The van der Waals surface area contributed by atoms with Crippen molar-refractivity contribution in [1.82, 2.24) is 4.98 Å². The third-order valence-electron chi connectivity index (χ3n) is 2.12. The number of thiazole rings is 1. The summed E-state index contributed by atoms with van der Waals surface area (Å²) in [6.45, 7) is 3.65. The normalized spacial score (nSPS) is 9.78. The zero-order valence-corrected chi connectivity index (χ0v) is 10.4. The van der Waals surface area contributed by atoms with Crippen LogP contribution in [0.1, 0.15) is 0 Å². The van der Waals surface area contributed by atoms with Gasteiger partial charge in [-0.25, -0.2) is 9.78 Å². The Kier molecular flexibility index (Phi) is 4.09. The molecule has 1 heterocycles. The lowest BCUT2D eigenvalue weighted by Gasteiger charge is -2.00. The minimum absolute atomic E-state index is 0.183. The van der Waals surface area contributed by atoms with E-state index in [1.165, 1.54) is 17.4 Å². The van der Waals surface area contributed by atoms with Gasteiger partial charge in [-0.15, -0.1) is 11.3 Å². The molecule has 1 N–H and O–H groups in total. The minimum atomic E-state index is -0.524. The van der Waals surface area contributed by atoms with Crippen LogP contribution in [-0.2, 0) is 4.74 Å². The molecule has 2 rings (SSSR count). The molecule has 1 aromatic carbocycles. The number of rotatable bonds is 4. The Morgan fingerprint density at radius 1 is 1.44 bits per heavy atom. The molecule has 0 radical (unpaired) electrons. The van der Waals surface area contributed by atoms with Crippen molar-refractivity contribution in [2.45, 2.75) is 0 Å². The van der Waals surface area contributed by atoms with Crippen molar-refractivity contribution in [1.29, 1.82) is 0 Å². The molecule has 0 spiro atoms. The second kappa shape index (κ2) is 5.97. The molecule has 0 aliphatic heterocycles. The van der Waals surface area contributed by atoms with Crippen LogP contribution in [0, 0.1) is 0 Å². The van der Waals surface area contributed by atoms with Gasteiger partial charge in [-0.05, 0) is 0 Å². The van der Waals surface area contributed by atoms with E-state index in [0.29, 0.717) is 5.13 Å². The predicted molar refractivity (Wildman–Crippen MR) is 72.7 cm³/mol. The molecule has 0 saturated heterocycles. The number of anilines is 1. The quantitative estimate of drug-likeness (QED) is 0.855. The third-order valence-corrected chi connectivity index (χ3v) is 2.87. The summed E-state index contributed by atoms with van der Waals surface area (Å²) in [6, 6.07) is 9.77. The average Bonchev–Trinajstić information content (AvgIpc) is 2.86. The summed E-state index contributed by atoms with van der Waals surface area (Å²) < 4.78 is 4.81. The largest absolute Gasteiger partial charge is 0.445 e. The number of amides is 1. The highest BCUT2D eigenvalue weighted by Gasteiger charge is 2.07. The van der Waals surface area contributed by atoms with Crippen LogP contribution in [0.15, 0.2) is 48.4 Å². The molecule has 0 bridgehead atoms. The van der Waals surface area contributed by atoms with Crippen molar-refractivity contribution in [3.05, 3.63) is 48.4 Å². The number of nitrogens with one attached hydrogen (secondary N) is 1. The zero-order valence-electron chi connectivity index (χ0n) is 9.63. The first-order valence-electron chi connectivity index (χ1n) is 5.35. The van der Waals surface area contributed by atoms with Crippen molar-refractivity contribution in [3.63, 3.8) is 0 Å². The highest BCUT2D eigenvalue weighted by molar-refractivity contribution is 7.14. The van der Waals surface area contributed by atoms with Gasteiger partial charge in [0, 0.05) is 10.9 Å². The fraction of sp³-hybridized carbons (Fsp3) is 0.0769. The fourth-order valence-corrected chi connectivity index (χ4v) is 2.04. The number of hydrogen-bond donors (Lipinski definition) is 1. The number of hydrogen-bond acceptors (Lipinski definition) is 4. The van der Waals surface area contributed by atoms with Crippen molar-refractivity contribution in [2.24, 2.45) is 0 Å². The molecule has 0 fully saturated rings. The maximum Gasteiger partial charge on any atom is 0.413 e. The molecule has 5 heteroatoms. The van der Waals surface area contributed by atoms with Gasteiger partial charge in [0.05, 0.1) is 5.69 Å². The van der Waals surface area contributed by atoms with Crippen LogP contribution >= 0.6 is 11.3 Å². The molecule has 0 aliphatic rings. The Balaban J connectivity index is 2.02. The fourth-order valence-electron chi connectivity index (χ4n) is 1.33. The van der Waals surface area contributed by atoms with Crippen LogP contribution in [0.5, 0.6) is 0 Å². The molecule has 18 heavy (non-hydrogen) atoms. The summed E-state index contributed by atoms with van der Waals surface area (Å²) in [6.07, 6.45) is 0.987. The second-order valence-electron chi connectivity index (χ2n) is 3.42. The number of nitrogens with zero attached hydrogens (tertiary/aromatic N) is 1. The van der Waals surface area contributed by atoms with Gasteiger partial charge in [0.1, 0.15) is 6.61 Å². The SMILES string of the molecule is C=CCOC(=O)Nc1nc(-c2ccccc2)cs1. The smallest absolute Gasteiger partial charge is 0.413 e. The highest BCUT2D eigenvalue weighted by Crippen LogP contribution is 2.24. The summed E-state index contributed by atoms with van der Waals surface area (Å²) in [5, 5.41) is 4.97. The predicted octanol–water partition coefficient (Wildman–Crippen LogP) is 3.54. The van der Waals surface area contributed by atoms with Gasteiger partial charge < -0.3 is 4.74 Å². The molecule has 1 amide bonds. The van der Waals surface area contributed by atoms with Gasteiger partial charge in [0.25, 0.3) is 0 Å². The molecule has 92 valence electrons. The number of carbonyl (C=O) groups is 1. The lowest BCUT2D eigenvalue weighted by molar-refractivity contribution is 0.174. The van der Waals surface area contributed by atoms with Crippen LogP contribution in [0.4, 0.5) is 9.93 Å². The van der Waals surface area contributed by atoms with E-state index in [1.807, 2.05) is 35.7 Å². The Morgan fingerprint density at radius 2 is 2.22 bits per heavy atom. The van der Waals surface area contributed by atoms with E-state index in [-0.39, 0.29) is 6.61 Å². The third kappa shape index (κ3) is 3.18. The molecule has 4 nitrogen and oxygen atoms in total. The summed E-state index contributed by atoms with van der Waals surface area (Å²) in [5.74, 6) is 0. The molecule has 2 aromatic rings. The van der Waals surface area contributed by atoms with Crippen LogP contribution in [0.25, 0.3) is 11.3 Å². The topological polar surface area (TPSA) is 51.2 Å². The van der Waals surface area contributed by atoms with E-state index < -0.39 is 6.09 Å². The molecule has 0 saturated carbocycles. The number of carbonyl (C=O) groups excluding carboxylic acids is 1. The monoisotopic (exact) mass is 260 g/mol. The Bertz CT molecular complexity index is 537. The lowest BCUT2D eigenvalue weighted by Crippen LogP contribution is -2.13. The number of ether oxygens (including phenoxy) is 1. The van der Waals surface area contributed by atoms with Gasteiger partial charge in [-0.2, -0.15) is 0 Å². The summed E-state index contributed by atoms with van der Waals surface area (Å²) in [4.78, 5) is 15.6. The first-order chi connectivity index (χ1) is 8.79. The van der Waals surface area contributed by atoms with Gasteiger partial charge in [-0.3, -0.25) is 5.32 Å². The molecule has 0 unspecified atom stereocenters. The summed E-state index contributed by atoms with van der Waals surface area (Å²) in [7, 11) is 0. The first-order valence-corrected chi connectivity index (χ1v) is 6.23. The van der Waals surface area contributed by atoms with E-state index in [4.69, 9.17) is 4.74 Å². The molecular weight excluding hydrogens is 248 g/mol. The van der Waals surface area contributed by atoms with Crippen LogP contribution < -0.4 is 5.32 Å². The molecular formula is C13H12N2O2S. The van der Waals surface area contributed by atoms with Crippen LogP contribution in [-0.4, -0.2) is 17.7 Å². The summed E-state index contributed by atoms with van der Waals surface area (Å²) >= 11 is 1.36. The number of aromatic nitrogens is 1. The molecule has 0 aliphatic carbocycles.